The summed E-state index contributed by atoms with van der Waals surface area (Å²) in [5.41, 5.74) is 2.81. The van der Waals surface area contributed by atoms with Crippen molar-refractivity contribution in [3.63, 3.8) is 0 Å². The number of benzene rings is 3. The van der Waals surface area contributed by atoms with Gasteiger partial charge in [-0.25, -0.2) is 8.42 Å². The second-order valence-electron chi connectivity index (χ2n) is 7.14. The van der Waals surface area contributed by atoms with Crippen LogP contribution in [-0.4, -0.2) is 20.9 Å². The van der Waals surface area contributed by atoms with E-state index < -0.39 is 22.5 Å². The van der Waals surface area contributed by atoms with Crippen LogP contribution in [0.4, 0.5) is 20.2 Å². The molecule has 0 fully saturated rings. The van der Waals surface area contributed by atoms with Gasteiger partial charge in [0.2, 0.25) is 5.91 Å². The number of amides is 1. The number of aryl methyl sites for hydroxylation is 2. The molecule has 0 heterocycles. The first-order chi connectivity index (χ1) is 15.7. The molecule has 172 valence electrons. The highest BCUT2D eigenvalue weighted by atomic mass is 32.2. The predicted molar refractivity (Wildman–Crippen MR) is 124 cm³/mol. The molecule has 3 aromatic carbocycles. The van der Waals surface area contributed by atoms with E-state index in [-0.39, 0.29) is 10.6 Å². The summed E-state index contributed by atoms with van der Waals surface area (Å²) in [5.74, 6) is -0.575. The molecule has 6 nitrogen and oxygen atoms in total. The maximum absolute atomic E-state index is 12.7. The maximum atomic E-state index is 12.7. The highest BCUT2D eigenvalue weighted by molar-refractivity contribution is 7.92. The van der Waals surface area contributed by atoms with Crippen LogP contribution in [0.15, 0.2) is 77.7 Å². The Balaban J connectivity index is 1.68. The highest BCUT2D eigenvalue weighted by Gasteiger charge is 2.16. The van der Waals surface area contributed by atoms with Gasteiger partial charge in [-0.3, -0.25) is 9.52 Å². The lowest BCUT2D eigenvalue weighted by Crippen LogP contribution is -2.15. The minimum atomic E-state index is -3.82. The molecule has 0 aliphatic carbocycles. The molecule has 0 unspecified atom stereocenters. The average molecular weight is 473 g/mol. The lowest BCUT2D eigenvalue weighted by molar-refractivity contribution is -0.111. The van der Waals surface area contributed by atoms with Gasteiger partial charge in [0.25, 0.3) is 10.0 Å². The zero-order valence-corrected chi connectivity index (χ0v) is 18.7. The molecule has 0 spiro atoms. The fraction of sp³-hybridized carbons (Fsp3) is 0.125. The number of hydrogen-bond donors (Lipinski definition) is 2. The Bertz CT molecular complexity index is 1250. The van der Waals surface area contributed by atoms with Crippen LogP contribution in [0.25, 0.3) is 6.08 Å². The number of alkyl halides is 2. The minimum Gasteiger partial charge on any atom is -0.434 e. The van der Waals surface area contributed by atoms with Crippen LogP contribution >= 0.6 is 0 Å². The number of ether oxygens (including phenoxy) is 1. The van der Waals surface area contributed by atoms with Crippen LogP contribution in [0.2, 0.25) is 0 Å². The van der Waals surface area contributed by atoms with Crippen molar-refractivity contribution in [1.29, 1.82) is 0 Å². The summed E-state index contributed by atoms with van der Waals surface area (Å²) in [7, 11) is -3.82. The molecule has 0 bridgehead atoms. The van der Waals surface area contributed by atoms with Crippen LogP contribution in [0.3, 0.4) is 0 Å². The number of para-hydroxylation sites is 2. The first-order valence-electron chi connectivity index (χ1n) is 9.88. The van der Waals surface area contributed by atoms with Crippen molar-refractivity contribution in [3.8, 4) is 5.75 Å². The van der Waals surface area contributed by atoms with Crippen molar-refractivity contribution in [3.05, 3.63) is 89.5 Å². The molecule has 33 heavy (non-hydrogen) atoms. The van der Waals surface area contributed by atoms with Gasteiger partial charge in [0, 0.05) is 17.3 Å². The topological polar surface area (TPSA) is 84.5 Å². The van der Waals surface area contributed by atoms with Gasteiger partial charge < -0.3 is 10.1 Å². The van der Waals surface area contributed by atoms with Gasteiger partial charge in [0.15, 0.2) is 0 Å². The molecular formula is C24H22F2N2O4S. The zero-order chi connectivity index (χ0) is 24.0. The van der Waals surface area contributed by atoms with E-state index >= 15 is 0 Å². The van der Waals surface area contributed by atoms with Crippen molar-refractivity contribution in [2.24, 2.45) is 0 Å². The summed E-state index contributed by atoms with van der Waals surface area (Å²) in [4.78, 5) is 12.2. The van der Waals surface area contributed by atoms with Crippen LogP contribution in [0, 0.1) is 13.8 Å². The normalized spacial score (nSPS) is 11.5. The van der Waals surface area contributed by atoms with Gasteiger partial charge in [0.05, 0.1) is 10.6 Å². The average Bonchev–Trinajstić information content (AvgIpc) is 2.76. The van der Waals surface area contributed by atoms with Gasteiger partial charge in [-0.15, -0.1) is 0 Å². The quantitative estimate of drug-likeness (QED) is 0.433. The van der Waals surface area contributed by atoms with Gasteiger partial charge in [-0.1, -0.05) is 36.4 Å². The van der Waals surface area contributed by atoms with Gasteiger partial charge in [0.1, 0.15) is 5.75 Å². The van der Waals surface area contributed by atoms with E-state index in [9.17, 15) is 22.0 Å². The molecule has 0 aliphatic rings. The number of hydrogen-bond acceptors (Lipinski definition) is 4. The molecule has 9 heteroatoms. The van der Waals surface area contributed by atoms with Crippen LogP contribution in [0.1, 0.15) is 16.7 Å². The summed E-state index contributed by atoms with van der Waals surface area (Å²) < 4.78 is 57.5. The van der Waals surface area contributed by atoms with E-state index in [2.05, 4.69) is 14.8 Å². The van der Waals surface area contributed by atoms with E-state index in [1.807, 2.05) is 32.0 Å². The molecule has 0 aliphatic heterocycles. The Hall–Kier alpha value is -3.72. The molecule has 1 amide bonds. The number of halogens is 2. The number of carbonyl (C=O) groups excluding carboxylic acids is 1. The van der Waals surface area contributed by atoms with Crippen LogP contribution in [-0.2, 0) is 14.8 Å². The molecule has 0 saturated carbocycles. The molecule has 0 aromatic heterocycles. The molecule has 0 saturated heterocycles. The summed E-state index contributed by atoms with van der Waals surface area (Å²) >= 11 is 0. The van der Waals surface area contributed by atoms with Crippen LogP contribution < -0.4 is 14.8 Å². The van der Waals surface area contributed by atoms with Crippen molar-refractivity contribution in [1.82, 2.24) is 0 Å². The number of anilines is 2. The van der Waals surface area contributed by atoms with Gasteiger partial charge in [-0.2, -0.15) is 8.78 Å². The lowest BCUT2D eigenvalue weighted by Gasteiger charge is -2.13. The lowest BCUT2D eigenvalue weighted by atomic mass is 10.1. The molecule has 3 rings (SSSR count). The molecule has 2 N–H and O–H groups in total. The Morgan fingerprint density at radius 3 is 2.21 bits per heavy atom. The summed E-state index contributed by atoms with van der Waals surface area (Å²) in [5, 5.41) is 2.59. The highest BCUT2D eigenvalue weighted by Crippen LogP contribution is 2.24. The Morgan fingerprint density at radius 2 is 1.58 bits per heavy atom. The first kappa shape index (κ1) is 23.9. The predicted octanol–water partition coefficient (Wildman–Crippen LogP) is 5.36. The fourth-order valence-corrected chi connectivity index (χ4v) is 4.26. The molecular weight excluding hydrogens is 450 g/mol. The van der Waals surface area contributed by atoms with E-state index in [4.69, 9.17) is 0 Å². The minimum absolute atomic E-state index is 0.0387. The number of nitrogens with one attached hydrogen (secondary N) is 2. The van der Waals surface area contributed by atoms with Gasteiger partial charge in [-0.05, 0) is 61.4 Å². The van der Waals surface area contributed by atoms with E-state index in [1.165, 1.54) is 48.6 Å². The van der Waals surface area contributed by atoms with Crippen molar-refractivity contribution < 1.29 is 26.7 Å². The maximum Gasteiger partial charge on any atom is 0.387 e. The Morgan fingerprint density at radius 1 is 0.939 bits per heavy atom. The molecule has 0 radical (unpaired) electrons. The fourth-order valence-electron chi connectivity index (χ4n) is 3.06. The van der Waals surface area contributed by atoms with E-state index in [0.717, 1.165) is 11.1 Å². The van der Waals surface area contributed by atoms with Crippen molar-refractivity contribution >= 4 is 33.4 Å². The molecule has 0 atom stereocenters. The summed E-state index contributed by atoms with van der Waals surface area (Å²) in [6, 6.07) is 17.2. The Kier molecular flexibility index (Phi) is 7.44. The Labute approximate surface area is 191 Å². The number of rotatable bonds is 8. The zero-order valence-electron chi connectivity index (χ0n) is 17.9. The SMILES string of the molecule is Cc1cccc(C)c1NS(=O)(=O)c1ccc(NC(=O)/C=C/c2ccccc2OC(F)F)cc1. The third-order valence-corrected chi connectivity index (χ3v) is 6.06. The second-order valence-corrected chi connectivity index (χ2v) is 8.82. The molecule has 3 aromatic rings. The monoisotopic (exact) mass is 472 g/mol. The van der Waals surface area contributed by atoms with E-state index in [0.29, 0.717) is 16.9 Å². The van der Waals surface area contributed by atoms with Gasteiger partial charge >= 0.3 is 6.61 Å². The van der Waals surface area contributed by atoms with Crippen molar-refractivity contribution in [2.75, 3.05) is 10.0 Å². The second kappa shape index (κ2) is 10.3. The first-order valence-corrected chi connectivity index (χ1v) is 11.4. The largest absolute Gasteiger partial charge is 0.434 e. The van der Waals surface area contributed by atoms with Crippen molar-refractivity contribution in [2.45, 2.75) is 25.4 Å². The van der Waals surface area contributed by atoms with Crippen LogP contribution in [0.5, 0.6) is 5.75 Å². The van der Waals surface area contributed by atoms with E-state index in [1.54, 1.807) is 12.1 Å². The number of carbonyl (C=O) groups is 1. The third kappa shape index (κ3) is 6.39. The smallest absolute Gasteiger partial charge is 0.387 e. The summed E-state index contributed by atoms with van der Waals surface area (Å²) in [6.07, 6.45) is 2.52. The summed E-state index contributed by atoms with van der Waals surface area (Å²) in [6.45, 7) is 0.650. The standard InChI is InChI=1S/C24H22F2N2O4S/c1-16-6-5-7-17(2)23(16)28-33(30,31)20-13-11-19(12-14-20)27-22(29)15-10-18-8-3-4-9-21(18)32-24(25)26/h3-15,24,28H,1-2H3,(H,27,29)/b15-10+. The number of sulfonamides is 1. The third-order valence-electron chi connectivity index (χ3n) is 4.70.